The average molecular weight is 418 g/mol. The zero-order valence-electron chi connectivity index (χ0n) is 17.5. The summed E-state index contributed by atoms with van der Waals surface area (Å²) < 4.78 is 7.25. The van der Waals surface area contributed by atoms with Gasteiger partial charge in [-0.15, -0.1) is 0 Å². The number of hydrogen-bond donors (Lipinski definition) is 1. The fraction of sp³-hybridized carbons (Fsp3) is 0.375. The Kier molecular flexibility index (Phi) is 5.42. The summed E-state index contributed by atoms with van der Waals surface area (Å²) in [4.78, 5) is 32.9. The first-order chi connectivity index (χ1) is 15.2. The number of ether oxygens (including phenoxy) is 1. The second-order valence-corrected chi connectivity index (χ2v) is 8.10. The van der Waals surface area contributed by atoms with Gasteiger partial charge in [-0.1, -0.05) is 18.6 Å². The first-order valence-corrected chi connectivity index (χ1v) is 11.0. The number of morpholine rings is 1. The number of anilines is 2. The topological polar surface area (TPSA) is 76.5 Å². The van der Waals surface area contributed by atoms with Crippen LogP contribution in [0.3, 0.4) is 0 Å². The van der Waals surface area contributed by atoms with E-state index in [-0.39, 0.29) is 11.5 Å². The van der Waals surface area contributed by atoms with Crippen molar-refractivity contribution in [2.45, 2.75) is 32.2 Å². The number of rotatable bonds is 3. The van der Waals surface area contributed by atoms with Crippen LogP contribution in [0.25, 0.3) is 10.9 Å². The van der Waals surface area contributed by atoms with Gasteiger partial charge in [-0.25, -0.2) is 4.98 Å². The summed E-state index contributed by atoms with van der Waals surface area (Å²) in [5, 5.41) is 3.61. The van der Waals surface area contributed by atoms with E-state index < -0.39 is 0 Å². The minimum absolute atomic E-state index is 0.00785. The third kappa shape index (κ3) is 3.93. The van der Waals surface area contributed by atoms with E-state index in [0.29, 0.717) is 29.7 Å². The monoisotopic (exact) mass is 418 g/mol. The van der Waals surface area contributed by atoms with Gasteiger partial charge in [0.25, 0.3) is 11.5 Å². The second kappa shape index (κ2) is 8.51. The Morgan fingerprint density at radius 1 is 1.00 bits per heavy atom. The van der Waals surface area contributed by atoms with E-state index in [1.165, 1.54) is 0 Å². The molecule has 1 aromatic heterocycles. The van der Waals surface area contributed by atoms with Gasteiger partial charge in [0.15, 0.2) is 0 Å². The molecule has 1 saturated heterocycles. The quantitative estimate of drug-likeness (QED) is 0.707. The molecule has 31 heavy (non-hydrogen) atoms. The predicted octanol–water partition coefficient (Wildman–Crippen LogP) is 3.21. The number of carbonyl (C=O) groups is 1. The Morgan fingerprint density at radius 3 is 2.71 bits per heavy atom. The normalized spacial score (nSPS) is 16.6. The minimum Gasteiger partial charge on any atom is -0.378 e. The van der Waals surface area contributed by atoms with Crippen molar-refractivity contribution in [1.29, 1.82) is 0 Å². The van der Waals surface area contributed by atoms with Gasteiger partial charge in [0, 0.05) is 31.6 Å². The van der Waals surface area contributed by atoms with Crippen LogP contribution in [0, 0.1) is 0 Å². The largest absolute Gasteiger partial charge is 0.378 e. The van der Waals surface area contributed by atoms with E-state index in [1.807, 2.05) is 24.3 Å². The van der Waals surface area contributed by atoms with Crippen molar-refractivity contribution in [3.8, 4) is 0 Å². The van der Waals surface area contributed by atoms with E-state index in [9.17, 15) is 9.59 Å². The molecule has 1 amide bonds. The summed E-state index contributed by atoms with van der Waals surface area (Å²) in [7, 11) is 0. The van der Waals surface area contributed by atoms with Crippen LogP contribution in [0.15, 0.2) is 47.3 Å². The molecule has 160 valence electrons. The highest BCUT2D eigenvalue weighted by Gasteiger charge is 2.18. The summed E-state index contributed by atoms with van der Waals surface area (Å²) >= 11 is 0. The van der Waals surface area contributed by atoms with Crippen molar-refractivity contribution in [2.24, 2.45) is 0 Å². The maximum absolute atomic E-state index is 13.1. The molecule has 1 fully saturated rings. The lowest BCUT2D eigenvalue weighted by molar-refractivity contribution is 0.102. The maximum Gasteiger partial charge on any atom is 0.261 e. The van der Waals surface area contributed by atoms with Crippen LogP contribution in [-0.2, 0) is 17.7 Å². The number of para-hydroxylation sites is 2. The third-order valence-corrected chi connectivity index (χ3v) is 6.08. The number of nitrogens with zero attached hydrogens (tertiary/aromatic N) is 3. The fourth-order valence-corrected chi connectivity index (χ4v) is 4.41. The number of carbonyl (C=O) groups excluding carboxylic acids is 1. The Hall–Kier alpha value is -3.19. The number of aromatic nitrogens is 2. The first-order valence-electron chi connectivity index (χ1n) is 11.0. The summed E-state index contributed by atoms with van der Waals surface area (Å²) in [6.07, 6.45) is 3.95. The van der Waals surface area contributed by atoms with Gasteiger partial charge in [0.2, 0.25) is 0 Å². The number of aryl methyl sites for hydroxylation is 1. The molecule has 7 heteroatoms. The number of fused-ring (bicyclic) bond motifs is 2. The Balaban J connectivity index is 1.45. The Morgan fingerprint density at radius 2 is 1.84 bits per heavy atom. The van der Waals surface area contributed by atoms with Crippen LogP contribution in [-0.4, -0.2) is 41.8 Å². The zero-order valence-corrected chi connectivity index (χ0v) is 17.5. The van der Waals surface area contributed by atoms with Crippen LogP contribution in [0.1, 0.15) is 35.4 Å². The zero-order chi connectivity index (χ0) is 21.2. The molecule has 0 unspecified atom stereocenters. The molecule has 2 aromatic carbocycles. The molecular formula is C24H26N4O3. The fourth-order valence-electron chi connectivity index (χ4n) is 4.41. The Labute approximate surface area is 180 Å². The predicted molar refractivity (Wildman–Crippen MR) is 121 cm³/mol. The summed E-state index contributed by atoms with van der Waals surface area (Å²) in [5.41, 5.74) is 2.83. The molecule has 0 bridgehead atoms. The number of amides is 1. The van der Waals surface area contributed by atoms with Crippen LogP contribution in [0.5, 0.6) is 0 Å². The smallest absolute Gasteiger partial charge is 0.261 e. The van der Waals surface area contributed by atoms with Crippen molar-refractivity contribution >= 4 is 28.2 Å². The second-order valence-electron chi connectivity index (χ2n) is 8.10. The van der Waals surface area contributed by atoms with Gasteiger partial charge < -0.3 is 15.0 Å². The molecule has 2 aliphatic heterocycles. The summed E-state index contributed by atoms with van der Waals surface area (Å²) in [6.45, 7) is 3.66. The lowest BCUT2D eigenvalue weighted by atomic mass is 10.1. The molecule has 0 spiro atoms. The lowest BCUT2D eigenvalue weighted by Crippen LogP contribution is -2.36. The lowest BCUT2D eigenvalue weighted by Gasteiger charge is -2.30. The van der Waals surface area contributed by atoms with E-state index >= 15 is 0 Å². The molecule has 0 aliphatic carbocycles. The van der Waals surface area contributed by atoms with Crippen LogP contribution in [0.2, 0.25) is 0 Å². The van der Waals surface area contributed by atoms with Crippen molar-refractivity contribution in [1.82, 2.24) is 9.55 Å². The highest BCUT2D eigenvalue weighted by molar-refractivity contribution is 6.07. The summed E-state index contributed by atoms with van der Waals surface area (Å²) in [5.74, 6) is 0.615. The highest BCUT2D eigenvalue weighted by Crippen LogP contribution is 2.27. The standard InChI is InChI=1S/C24H26N4O3/c29-23(26-19-6-3-4-7-21(19)27-12-14-31-15-13-27)17-9-10-18-20(16-17)25-22-8-2-1-5-11-28(22)24(18)30/h3-4,6-7,9-10,16H,1-2,5,8,11-15H2,(H,26,29). The number of benzene rings is 2. The number of hydrogen-bond acceptors (Lipinski definition) is 5. The van der Waals surface area contributed by atoms with Crippen molar-refractivity contribution < 1.29 is 9.53 Å². The molecule has 0 radical (unpaired) electrons. The molecule has 2 aliphatic rings. The minimum atomic E-state index is -0.209. The molecule has 1 N–H and O–H groups in total. The van der Waals surface area contributed by atoms with Crippen LogP contribution < -0.4 is 15.8 Å². The average Bonchev–Trinajstić information content (AvgIpc) is 3.05. The van der Waals surface area contributed by atoms with Gasteiger partial charge in [-0.05, 0) is 43.2 Å². The van der Waals surface area contributed by atoms with Crippen molar-refractivity contribution in [2.75, 3.05) is 36.5 Å². The van der Waals surface area contributed by atoms with Crippen molar-refractivity contribution in [3.05, 3.63) is 64.2 Å². The van der Waals surface area contributed by atoms with Crippen LogP contribution in [0.4, 0.5) is 11.4 Å². The van der Waals surface area contributed by atoms with E-state index in [4.69, 9.17) is 9.72 Å². The third-order valence-electron chi connectivity index (χ3n) is 6.08. The molecule has 0 atom stereocenters. The van der Waals surface area contributed by atoms with Crippen molar-refractivity contribution in [3.63, 3.8) is 0 Å². The molecule has 7 nitrogen and oxygen atoms in total. The van der Waals surface area contributed by atoms with Crippen LogP contribution >= 0.6 is 0 Å². The van der Waals surface area contributed by atoms with E-state index in [0.717, 1.165) is 62.5 Å². The van der Waals surface area contributed by atoms with E-state index in [1.54, 1.807) is 22.8 Å². The van der Waals surface area contributed by atoms with Gasteiger partial charge in [-0.2, -0.15) is 0 Å². The highest BCUT2D eigenvalue weighted by atomic mass is 16.5. The summed E-state index contributed by atoms with van der Waals surface area (Å²) in [6, 6.07) is 13.0. The molecule has 3 aromatic rings. The SMILES string of the molecule is O=C(Nc1ccccc1N1CCOCC1)c1ccc2c(=O)n3c(nc2c1)CCCCC3. The van der Waals surface area contributed by atoms with Gasteiger partial charge in [-0.3, -0.25) is 14.2 Å². The molecule has 5 rings (SSSR count). The molecule has 0 saturated carbocycles. The van der Waals surface area contributed by atoms with E-state index in [2.05, 4.69) is 10.2 Å². The first kappa shape index (κ1) is 19.8. The van der Waals surface area contributed by atoms with Gasteiger partial charge >= 0.3 is 0 Å². The Bertz CT molecular complexity index is 1180. The number of nitrogens with one attached hydrogen (secondary N) is 1. The molecular weight excluding hydrogens is 392 g/mol. The maximum atomic E-state index is 13.1. The van der Waals surface area contributed by atoms with Gasteiger partial charge in [0.1, 0.15) is 5.82 Å². The molecule has 3 heterocycles. The van der Waals surface area contributed by atoms with Gasteiger partial charge in [0.05, 0.1) is 35.5 Å².